The van der Waals surface area contributed by atoms with E-state index in [1.165, 1.54) is 28.9 Å². The lowest BCUT2D eigenvalue weighted by molar-refractivity contribution is -0.118. The molecule has 0 bridgehead atoms. The van der Waals surface area contributed by atoms with Crippen molar-refractivity contribution in [3.8, 4) is 22.8 Å². The monoisotopic (exact) mass is 968 g/mol. The van der Waals surface area contributed by atoms with Gasteiger partial charge in [0.1, 0.15) is 11.4 Å². The summed E-state index contributed by atoms with van der Waals surface area (Å²) >= 11 is 9.85. The zero-order chi connectivity index (χ0) is 41.4. The maximum atomic E-state index is 13.5. The van der Waals surface area contributed by atoms with Crippen molar-refractivity contribution >= 4 is 112 Å². The molecule has 1 amide bonds. The molecule has 57 heavy (non-hydrogen) atoms. The molecule has 3 aromatic carbocycles. The Balaban J connectivity index is 0.000000199. The normalized spacial score (nSPS) is 11.9. The molecule has 296 valence electrons. The molecule has 0 aliphatic heterocycles. The molecule has 0 radical (unpaired) electrons. The average Bonchev–Trinajstić information content (AvgIpc) is 3.84. The van der Waals surface area contributed by atoms with E-state index in [1.54, 1.807) is 73.8 Å². The standard InChI is InChI=1S/C23H20BrN3O3S2.C17H18BrN3O2S2/c1-13(2)22(28)27-23-26-18(12-31-23)17-11-19(32(29,30)15-7-5-4-6-8-15)16-10-9-14(3)20(24)21(16)25-17;1-9(2)19-17-21-13(8-24-17)12-7-14(25(4,22)23)11-6-5-10(3)15(18)16(11)20-12/h4-13H,1-3H3,(H,26,27,28);5-9H,1-4H3,(H,19,21). The average molecular weight is 971 g/mol. The molecule has 0 atom stereocenters. The third kappa shape index (κ3) is 9.29. The number of halogens is 2. The maximum absolute atomic E-state index is 13.5. The van der Waals surface area contributed by atoms with Crippen LogP contribution in [0.4, 0.5) is 10.3 Å². The highest BCUT2D eigenvalue weighted by molar-refractivity contribution is 9.11. The number of carbonyl (C=O) groups is 1. The fourth-order valence-electron chi connectivity index (χ4n) is 5.58. The summed E-state index contributed by atoms with van der Waals surface area (Å²) in [6, 6.07) is 19.1. The van der Waals surface area contributed by atoms with Gasteiger partial charge in [-0.2, -0.15) is 0 Å². The molecule has 7 rings (SSSR count). The number of fused-ring (bicyclic) bond motifs is 2. The molecule has 0 spiro atoms. The lowest BCUT2D eigenvalue weighted by atomic mass is 10.1. The highest BCUT2D eigenvalue weighted by Gasteiger charge is 2.25. The number of aryl methyl sites for hydroxylation is 2. The highest BCUT2D eigenvalue weighted by atomic mass is 79.9. The SMILES string of the molecule is Cc1ccc2c(S(=O)(=O)c3ccccc3)cc(-c3csc(NC(=O)C(C)C)n3)nc2c1Br.Cc1ccc2c(S(C)(=O)=O)cc(-c3csc(NC(C)C)n3)nc2c1Br. The van der Waals surface area contributed by atoms with Crippen molar-refractivity contribution in [2.24, 2.45) is 5.92 Å². The topological polar surface area (TPSA) is 161 Å². The van der Waals surface area contributed by atoms with Crippen LogP contribution >= 0.6 is 54.5 Å². The van der Waals surface area contributed by atoms with E-state index in [2.05, 4.69) is 57.4 Å². The molecule has 0 saturated carbocycles. The first-order valence-electron chi connectivity index (χ1n) is 17.5. The van der Waals surface area contributed by atoms with Crippen LogP contribution in [0.1, 0.15) is 38.8 Å². The first-order valence-corrected chi connectivity index (χ1v) is 24.3. The van der Waals surface area contributed by atoms with E-state index >= 15 is 0 Å². The molecule has 0 aliphatic rings. The lowest BCUT2D eigenvalue weighted by Gasteiger charge is -2.12. The van der Waals surface area contributed by atoms with Crippen LogP contribution < -0.4 is 10.6 Å². The van der Waals surface area contributed by atoms with Crippen LogP contribution in [-0.2, 0) is 24.5 Å². The molecule has 4 heterocycles. The van der Waals surface area contributed by atoms with Crippen molar-refractivity contribution in [3.05, 3.63) is 97.6 Å². The summed E-state index contributed by atoms with van der Waals surface area (Å²) in [7, 11) is -7.21. The molecular weight excluding hydrogens is 933 g/mol. The molecule has 2 N–H and O–H groups in total. The molecular formula is C40H38Br2N6O5S4. The van der Waals surface area contributed by atoms with Gasteiger partial charge in [0.05, 0.1) is 37.1 Å². The van der Waals surface area contributed by atoms with Gasteiger partial charge in [-0.1, -0.05) is 56.3 Å². The zero-order valence-electron chi connectivity index (χ0n) is 31.9. The van der Waals surface area contributed by atoms with Gasteiger partial charge in [0, 0.05) is 48.7 Å². The fraction of sp³-hybridized carbons (Fsp3) is 0.225. The highest BCUT2D eigenvalue weighted by Crippen LogP contribution is 2.37. The maximum Gasteiger partial charge on any atom is 0.228 e. The van der Waals surface area contributed by atoms with Gasteiger partial charge in [0.25, 0.3) is 0 Å². The fourth-order valence-corrected chi connectivity index (χ4v) is 10.4. The number of hydrogen-bond acceptors (Lipinski definition) is 12. The van der Waals surface area contributed by atoms with Crippen LogP contribution in [0.25, 0.3) is 44.6 Å². The number of amides is 1. The number of hydrogen-bond donors (Lipinski definition) is 2. The number of sulfone groups is 2. The number of nitrogens with zero attached hydrogens (tertiary/aromatic N) is 4. The van der Waals surface area contributed by atoms with Gasteiger partial charge in [-0.15, -0.1) is 22.7 Å². The Morgan fingerprint density at radius 1 is 0.667 bits per heavy atom. The van der Waals surface area contributed by atoms with Crippen LogP contribution in [0, 0.1) is 19.8 Å². The summed E-state index contributed by atoms with van der Waals surface area (Å²) in [4.78, 5) is 31.0. The number of carbonyl (C=O) groups excluding carboxylic acids is 1. The van der Waals surface area contributed by atoms with E-state index in [-0.39, 0.29) is 32.6 Å². The van der Waals surface area contributed by atoms with Gasteiger partial charge in [0.2, 0.25) is 15.7 Å². The Morgan fingerprint density at radius 3 is 1.67 bits per heavy atom. The van der Waals surface area contributed by atoms with Gasteiger partial charge in [-0.05, 0) is 94.9 Å². The summed E-state index contributed by atoms with van der Waals surface area (Å²) in [5.41, 5.74) is 5.22. The van der Waals surface area contributed by atoms with Gasteiger partial charge < -0.3 is 10.6 Å². The van der Waals surface area contributed by atoms with Crippen molar-refractivity contribution < 1.29 is 21.6 Å². The summed E-state index contributed by atoms with van der Waals surface area (Å²) in [6.45, 7) is 11.6. The molecule has 4 aromatic heterocycles. The summed E-state index contributed by atoms with van der Waals surface area (Å²) in [5, 5.41) is 12.0. The smallest absolute Gasteiger partial charge is 0.228 e. The second-order valence-electron chi connectivity index (χ2n) is 13.8. The minimum atomic E-state index is -3.80. The molecule has 0 unspecified atom stereocenters. The van der Waals surface area contributed by atoms with Crippen LogP contribution in [0.3, 0.4) is 0 Å². The summed E-state index contributed by atoms with van der Waals surface area (Å²) in [6.07, 6.45) is 1.21. The van der Waals surface area contributed by atoms with Crippen molar-refractivity contribution in [1.29, 1.82) is 0 Å². The van der Waals surface area contributed by atoms with E-state index in [9.17, 15) is 21.6 Å². The zero-order valence-corrected chi connectivity index (χ0v) is 38.3. The van der Waals surface area contributed by atoms with Gasteiger partial charge >= 0.3 is 0 Å². The van der Waals surface area contributed by atoms with Crippen LogP contribution in [0.15, 0.2) is 101 Å². The number of thiazole rings is 2. The predicted octanol–water partition coefficient (Wildman–Crippen LogP) is 10.5. The number of rotatable bonds is 9. The minimum Gasteiger partial charge on any atom is -0.359 e. The van der Waals surface area contributed by atoms with E-state index in [4.69, 9.17) is 4.98 Å². The Hall–Kier alpha value is -4.13. The van der Waals surface area contributed by atoms with E-state index < -0.39 is 19.7 Å². The van der Waals surface area contributed by atoms with Crippen molar-refractivity contribution in [2.75, 3.05) is 16.9 Å². The van der Waals surface area contributed by atoms with E-state index in [0.29, 0.717) is 49.7 Å². The largest absolute Gasteiger partial charge is 0.359 e. The Morgan fingerprint density at radius 2 is 1.16 bits per heavy atom. The number of benzene rings is 3. The van der Waals surface area contributed by atoms with Crippen molar-refractivity contribution in [2.45, 2.75) is 62.3 Å². The Kier molecular flexibility index (Phi) is 12.7. The molecule has 7 aromatic rings. The molecule has 0 fully saturated rings. The van der Waals surface area contributed by atoms with E-state index in [0.717, 1.165) is 25.2 Å². The number of pyridine rings is 2. The molecule has 0 aliphatic carbocycles. The molecule has 11 nitrogen and oxygen atoms in total. The first kappa shape index (κ1) is 42.5. The Labute approximate surface area is 356 Å². The summed E-state index contributed by atoms with van der Waals surface area (Å²) < 4.78 is 53.2. The second kappa shape index (κ2) is 17.0. The first-order chi connectivity index (χ1) is 26.8. The van der Waals surface area contributed by atoms with Crippen LogP contribution in [0.5, 0.6) is 0 Å². The summed E-state index contributed by atoms with van der Waals surface area (Å²) in [5.74, 6) is -0.314. The van der Waals surface area contributed by atoms with Crippen molar-refractivity contribution in [3.63, 3.8) is 0 Å². The second-order valence-corrected chi connectivity index (χ2v) is 21.0. The number of aromatic nitrogens is 4. The van der Waals surface area contributed by atoms with Crippen molar-refractivity contribution in [1.82, 2.24) is 19.9 Å². The van der Waals surface area contributed by atoms with Gasteiger partial charge in [0.15, 0.2) is 20.1 Å². The van der Waals surface area contributed by atoms with Gasteiger partial charge in [-0.25, -0.2) is 36.8 Å². The Bertz CT molecular complexity index is 2880. The van der Waals surface area contributed by atoms with Crippen LogP contribution in [-0.4, -0.2) is 55.0 Å². The van der Waals surface area contributed by atoms with Gasteiger partial charge in [-0.3, -0.25) is 4.79 Å². The molecule has 17 heteroatoms. The number of anilines is 2. The third-order valence-electron chi connectivity index (χ3n) is 8.59. The van der Waals surface area contributed by atoms with E-state index in [1.807, 2.05) is 45.2 Å². The third-order valence-corrected chi connectivity index (χ3v) is 15.1. The minimum absolute atomic E-state index is 0.136. The van der Waals surface area contributed by atoms with Crippen LogP contribution in [0.2, 0.25) is 0 Å². The molecule has 0 saturated heterocycles. The number of nitrogens with one attached hydrogen (secondary N) is 2. The lowest BCUT2D eigenvalue weighted by Crippen LogP contribution is -2.17. The quantitative estimate of drug-likeness (QED) is 0.142. The predicted molar refractivity (Wildman–Crippen MR) is 238 cm³/mol.